The van der Waals surface area contributed by atoms with E-state index in [1.807, 2.05) is 30.3 Å². The van der Waals surface area contributed by atoms with Gasteiger partial charge < -0.3 is 18.4 Å². The molecule has 0 aromatic heterocycles. The van der Waals surface area contributed by atoms with Crippen LogP contribution < -0.4 is 0 Å². The SMILES string of the molecule is CC(=O)O[Si](CCCc1cc(O)ccc1-c1ccc(Br)cc1)(OC(C)=O)OC(C)=O. The summed E-state index contributed by atoms with van der Waals surface area (Å²) in [4.78, 5) is 34.7. The number of phenolic OH excluding ortho intramolecular Hbond substituents is 1. The first-order valence-corrected chi connectivity index (χ1v) is 12.0. The topological polar surface area (TPSA) is 99.1 Å². The molecule has 2 rings (SSSR count). The van der Waals surface area contributed by atoms with Crippen LogP contribution in [-0.2, 0) is 34.1 Å². The Labute approximate surface area is 184 Å². The van der Waals surface area contributed by atoms with Crippen molar-refractivity contribution in [1.29, 1.82) is 0 Å². The second-order valence-corrected chi connectivity index (χ2v) is 10.1. The fraction of sp³-hybridized carbons (Fsp3) is 0.286. The lowest BCUT2D eigenvalue weighted by atomic mass is 9.96. The Bertz CT molecular complexity index is 887. The number of aryl methyl sites for hydroxylation is 1. The number of hydrogen-bond donors (Lipinski definition) is 1. The third kappa shape index (κ3) is 6.99. The molecule has 0 unspecified atom stereocenters. The van der Waals surface area contributed by atoms with Crippen LogP contribution in [0, 0.1) is 0 Å². The molecule has 0 aliphatic heterocycles. The highest BCUT2D eigenvalue weighted by molar-refractivity contribution is 9.10. The van der Waals surface area contributed by atoms with Crippen molar-refractivity contribution < 1.29 is 32.8 Å². The molecule has 0 bridgehead atoms. The number of rotatable bonds is 8. The molecule has 0 heterocycles. The van der Waals surface area contributed by atoms with E-state index in [0.717, 1.165) is 41.9 Å². The first kappa shape index (κ1) is 23.6. The van der Waals surface area contributed by atoms with Crippen LogP contribution in [-0.4, -0.2) is 31.8 Å². The molecule has 1 N–H and O–H groups in total. The molecule has 7 nitrogen and oxygen atoms in total. The van der Waals surface area contributed by atoms with Crippen LogP contribution in [0.1, 0.15) is 32.8 Å². The lowest BCUT2D eigenvalue weighted by Crippen LogP contribution is -2.49. The predicted octanol–water partition coefficient (Wildman–Crippen LogP) is 4.38. The summed E-state index contributed by atoms with van der Waals surface area (Å²) in [5, 5.41) is 9.94. The van der Waals surface area contributed by atoms with E-state index in [4.69, 9.17) is 13.3 Å². The normalized spacial score (nSPS) is 10.9. The van der Waals surface area contributed by atoms with E-state index in [0.29, 0.717) is 12.8 Å². The Morgan fingerprint density at radius 3 is 1.93 bits per heavy atom. The number of phenols is 1. The average molecular weight is 495 g/mol. The van der Waals surface area contributed by atoms with E-state index < -0.39 is 26.7 Å². The Kier molecular flexibility index (Phi) is 8.19. The molecule has 9 heteroatoms. The zero-order valence-electron chi connectivity index (χ0n) is 16.9. The first-order valence-electron chi connectivity index (χ1n) is 9.27. The van der Waals surface area contributed by atoms with Gasteiger partial charge in [0, 0.05) is 25.2 Å². The van der Waals surface area contributed by atoms with Gasteiger partial charge in [-0.25, -0.2) is 0 Å². The Hall–Kier alpha value is -2.65. The van der Waals surface area contributed by atoms with E-state index in [9.17, 15) is 19.5 Å². The number of carbonyl (C=O) groups excluding carboxylic acids is 3. The van der Waals surface area contributed by atoms with Crippen molar-refractivity contribution in [3.63, 3.8) is 0 Å². The average Bonchev–Trinajstić information content (AvgIpc) is 2.61. The van der Waals surface area contributed by atoms with Gasteiger partial charge in [0.05, 0.1) is 6.04 Å². The number of hydrogen-bond acceptors (Lipinski definition) is 7. The number of aromatic hydroxyl groups is 1. The number of benzene rings is 2. The maximum Gasteiger partial charge on any atom is 0.705 e. The molecular weight excluding hydrogens is 472 g/mol. The summed E-state index contributed by atoms with van der Waals surface area (Å²) in [6.45, 7) is 3.49. The van der Waals surface area contributed by atoms with Crippen molar-refractivity contribution in [2.24, 2.45) is 0 Å². The summed E-state index contributed by atoms with van der Waals surface area (Å²) in [6.07, 6.45) is 0.866. The monoisotopic (exact) mass is 494 g/mol. The molecular formula is C21H23BrO7Si. The summed E-state index contributed by atoms with van der Waals surface area (Å²) in [5.74, 6) is -1.97. The summed E-state index contributed by atoms with van der Waals surface area (Å²) >= 11 is 3.41. The molecule has 0 saturated heterocycles. The van der Waals surface area contributed by atoms with Gasteiger partial charge in [-0.1, -0.05) is 34.1 Å². The first-order chi connectivity index (χ1) is 14.1. The van der Waals surface area contributed by atoms with Crippen LogP contribution in [0.15, 0.2) is 46.9 Å². The number of halogens is 1. The van der Waals surface area contributed by atoms with E-state index in [1.165, 1.54) is 0 Å². The Morgan fingerprint density at radius 2 is 1.43 bits per heavy atom. The van der Waals surface area contributed by atoms with Gasteiger partial charge in [0.2, 0.25) is 0 Å². The highest BCUT2D eigenvalue weighted by atomic mass is 79.9. The Morgan fingerprint density at radius 1 is 0.900 bits per heavy atom. The molecule has 0 atom stereocenters. The predicted molar refractivity (Wildman–Crippen MR) is 115 cm³/mol. The highest BCUT2D eigenvalue weighted by Crippen LogP contribution is 2.30. The molecule has 30 heavy (non-hydrogen) atoms. The molecule has 0 saturated carbocycles. The van der Waals surface area contributed by atoms with Gasteiger partial charge in [-0.05, 0) is 53.8 Å². The van der Waals surface area contributed by atoms with E-state index >= 15 is 0 Å². The van der Waals surface area contributed by atoms with Crippen LogP contribution in [0.25, 0.3) is 11.1 Å². The molecule has 2 aromatic rings. The maximum absolute atomic E-state index is 11.6. The lowest BCUT2D eigenvalue weighted by Gasteiger charge is -2.26. The standard InChI is InChI=1S/C21H23BrO7Si/c1-14(23)27-30(28-15(2)24,29-16(3)25)12-4-5-18-13-20(26)10-11-21(18)17-6-8-19(22)9-7-17/h6-11,13,26H,4-5,12H2,1-3H3. The Balaban J connectivity index is 2.26. The minimum atomic E-state index is -3.87. The van der Waals surface area contributed by atoms with E-state index in [2.05, 4.69) is 15.9 Å². The molecule has 0 spiro atoms. The molecule has 2 aromatic carbocycles. The van der Waals surface area contributed by atoms with Gasteiger partial charge in [-0.3, -0.25) is 14.4 Å². The van der Waals surface area contributed by atoms with Crippen molar-refractivity contribution in [1.82, 2.24) is 0 Å². The van der Waals surface area contributed by atoms with E-state index in [1.54, 1.807) is 12.1 Å². The van der Waals surface area contributed by atoms with Gasteiger partial charge in [0.1, 0.15) is 5.75 Å². The zero-order valence-corrected chi connectivity index (χ0v) is 19.5. The van der Waals surface area contributed by atoms with Crippen LogP contribution in [0.4, 0.5) is 0 Å². The van der Waals surface area contributed by atoms with Crippen molar-refractivity contribution in [2.75, 3.05) is 0 Å². The van der Waals surface area contributed by atoms with Crippen molar-refractivity contribution in [2.45, 2.75) is 39.7 Å². The molecule has 0 aliphatic rings. The smallest absolute Gasteiger partial charge is 0.508 e. The third-order valence-corrected chi connectivity index (χ3v) is 7.36. The minimum absolute atomic E-state index is 0.0706. The quantitative estimate of drug-likeness (QED) is 0.543. The van der Waals surface area contributed by atoms with E-state index in [-0.39, 0.29) is 11.8 Å². The van der Waals surface area contributed by atoms with Gasteiger partial charge in [0.15, 0.2) is 0 Å². The minimum Gasteiger partial charge on any atom is -0.508 e. The van der Waals surface area contributed by atoms with Crippen LogP contribution >= 0.6 is 15.9 Å². The van der Waals surface area contributed by atoms with Crippen molar-refractivity contribution >= 4 is 42.6 Å². The lowest BCUT2D eigenvalue weighted by molar-refractivity contribution is -0.147. The van der Waals surface area contributed by atoms with Gasteiger partial charge in [0.25, 0.3) is 17.9 Å². The van der Waals surface area contributed by atoms with Gasteiger partial charge >= 0.3 is 8.80 Å². The van der Waals surface area contributed by atoms with Gasteiger partial charge in [-0.15, -0.1) is 0 Å². The van der Waals surface area contributed by atoms with Crippen LogP contribution in [0.3, 0.4) is 0 Å². The zero-order chi connectivity index (χ0) is 22.3. The second kappa shape index (κ2) is 10.4. The third-order valence-electron chi connectivity index (χ3n) is 4.07. The summed E-state index contributed by atoms with van der Waals surface area (Å²) in [5.41, 5.74) is 2.75. The summed E-state index contributed by atoms with van der Waals surface area (Å²) in [7, 11) is -3.87. The largest absolute Gasteiger partial charge is 0.705 e. The molecule has 0 amide bonds. The fourth-order valence-corrected chi connectivity index (χ4v) is 5.69. The summed E-state index contributed by atoms with van der Waals surface area (Å²) < 4.78 is 16.6. The van der Waals surface area contributed by atoms with Crippen LogP contribution in [0.2, 0.25) is 6.04 Å². The highest BCUT2D eigenvalue weighted by Gasteiger charge is 2.51. The molecule has 160 valence electrons. The molecule has 0 radical (unpaired) electrons. The van der Waals surface area contributed by atoms with Crippen molar-refractivity contribution in [3.05, 3.63) is 52.5 Å². The van der Waals surface area contributed by atoms with Crippen LogP contribution in [0.5, 0.6) is 5.75 Å². The summed E-state index contributed by atoms with van der Waals surface area (Å²) in [6, 6.07) is 12.9. The van der Waals surface area contributed by atoms with Gasteiger partial charge in [-0.2, -0.15) is 0 Å². The van der Waals surface area contributed by atoms with Crippen molar-refractivity contribution in [3.8, 4) is 16.9 Å². The molecule has 0 fully saturated rings. The fourth-order valence-electron chi connectivity index (χ4n) is 3.07. The second-order valence-electron chi connectivity index (χ2n) is 6.67. The number of carbonyl (C=O) groups is 3. The molecule has 0 aliphatic carbocycles. The maximum atomic E-state index is 11.6.